The van der Waals surface area contributed by atoms with Gasteiger partial charge in [0.2, 0.25) is 5.82 Å². The van der Waals surface area contributed by atoms with Crippen molar-refractivity contribution in [3.05, 3.63) is 117 Å². The third-order valence-electron chi connectivity index (χ3n) is 6.85. The van der Waals surface area contributed by atoms with Crippen molar-refractivity contribution in [2.75, 3.05) is 26.1 Å². The number of fused-ring (bicyclic) bond motifs is 2. The molecule has 6 rings (SSSR count). The molecule has 0 bridgehead atoms. The molecule has 0 spiro atoms. The fourth-order valence-electron chi connectivity index (χ4n) is 4.61. The molecule has 6 aromatic rings. The van der Waals surface area contributed by atoms with Gasteiger partial charge in [0.25, 0.3) is 5.56 Å². The van der Waals surface area contributed by atoms with E-state index in [1.807, 2.05) is 91.8 Å². The summed E-state index contributed by atoms with van der Waals surface area (Å²) >= 11 is 6.04. The van der Waals surface area contributed by atoms with Gasteiger partial charge < -0.3 is 18.8 Å². The Morgan fingerprint density at radius 3 is 2.55 bits per heavy atom. The molecule has 0 atom stereocenters. The zero-order valence-electron chi connectivity index (χ0n) is 23.2. The zero-order chi connectivity index (χ0) is 29.2. The Morgan fingerprint density at radius 2 is 1.76 bits per heavy atom. The molecule has 0 amide bonds. The summed E-state index contributed by atoms with van der Waals surface area (Å²) in [5, 5.41) is 6.50. The number of para-hydroxylation sites is 1. The van der Waals surface area contributed by atoms with Crippen molar-refractivity contribution >= 4 is 45.4 Å². The molecule has 42 heavy (non-hydrogen) atoms. The molecule has 0 N–H and O–H groups in total. The second-order valence-corrected chi connectivity index (χ2v) is 10.3. The number of ether oxygens (including phenoxy) is 2. The summed E-state index contributed by atoms with van der Waals surface area (Å²) < 4.78 is 19.1. The summed E-state index contributed by atoms with van der Waals surface area (Å²) in [4.78, 5) is 20.5. The average Bonchev–Trinajstić information content (AvgIpc) is 3.45. The predicted molar refractivity (Wildman–Crippen MR) is 167 cm³/mol. The molecular formula is C33H27ClN4O4. The number of benzene rings is 4. The lowest BCUT2D eigenvalue weighted by molar-refractivity contribution is 0.306. The average molecular weight is 579 g/mol. The Balaban J connectivity index is 1.45. The lowest BCUT2D eigenvalue weighted by atomic mass is 10.2. The van der Waals surface area contributed by atoms with Crippen LogP contribution in [0.5, 0.6) is 11.5 Å². The molecular weight excluding hydrogens is 552 g/mol. The van der Waals surface area contributed by atoms with Gasteiger partial charge in [0, 0.05) is 36.4 Å². The van der Waals surface area contributed by atoms with Gasteiger partial charge in [0.1, 0.15) is 23.7 Å². The fraction of sp³-hybridized carbons (Fsp3) is 0.121. The molecule has 0 unspecified atom stereocenters. The van der Waals surface area contributed by atoms with Crippen LogP contribution in [-0.2, 0) is 6.61 Å². The van der Waals surface area contributed by atoms with Crippen LogP contribution in [0.2, 0.25) is 5.02 Å². The lowest BCUT2D eigenvalue weighted by Crippen LogP contribution is -2.20. The fourth-order valence-corrected chi connectivity index (χ4v) is 4.73. The molecule has 0 radical (unpaired) electrons. The summed E-state index contributed by atoms with van der Waals surface area (Å²) in [5.74, 6) is 1.92. The molecule has 0 aliphatic heterocycles. The minimum absolute atomic E-state index is 0.266. The van der Waals surface area contributed by atoms with Crippen molar-refractivity contribution in [2.45, 2.75) is 6.61 Å². The van der Waals surface area contributed by atoms with Crippen molar-refractivity contribution in [1.82, 2.24) is 9.66 Å². The molecule has 9 heteroatoms. The SMILES string of the molecule is COc1cccc2oc(-c3nc4ccccc4c(=O)n3N=Cc3ccc(N(C)C)cc3OCc3ccc(Cl)cc3)cc12. The van der Waals surface area contributed by atoms with Crippen LogP contribution in [0.1, 0.15) is 11.1 Å². The topological polar surface area (TPSA) is 82.1 Å². The summed E-state index contributed by atoms with van der Waals surface area (Å²) in [5.41, 5.74) is 3.44. The first-order valence-corrected chi connectivity index (χ1v) is 13.6. The molecule has 0 saturated heterocycles. The number of furan rings is 1. The second-order valence-electron chi connectivity index (χ2n) is 9.83. The number of anilines is 1. The Labute approximate surface area is 247 Å². The first kappa shape index (κ1) is 27.1. The van der Waals surface area contributed by atoms with E-state index in [0.717, 1.165) is 16.6 Å². The number of halogens is 1. The molecule has 2 aromatic heterocycles. The molecule has 0 fully saturated rings. The highest BCUT2D eigenvalue weighted by molar-refractivity contribution is 6.30. The summed E-state index contributed by atoms with van der Waals surface area (Å²) in [7, 11) is 5.52. The van der Waals surface area contributed by atoms with Crippen LogP contribution in [0.4, 0.5) is 5.69 Å². The van der Waals surface area contributed by atoms with E-state index in [4.69, 9.17) is 30.5 Å². The number of methoxy groups -OCH3 is 1. The van der Waals surface area contributed by atoms with E-state index in [0.29, 0.717) is 50.9 Å². The van der Waals surface area contributed by atoms with Gasteiger partial charge in [-0.3, -0.25) is 4.79 Å². The highest BCUT2D eigenvalue weighted by Gasteiger charge is 2.18. The number of rotatable bonds is 8. The van der Waals surface area contributed by atoms with E-state index in [1.165, 1.54) is 4.68 Å². The number of hydrogen-bond acceptors (Lipinski definition) is 7. The van der Waals surface area contributed by atoms with Gasteiger partial charge in [-0.2, -0.15) is 9.78 Å². The highest BCUT2D eigenvalue weighted by Crippen LogP contribution is 2.33. The monoisotopic (exact) mass is 578 g/mol. The normalized spacial score (nSPS) is 11.4. The minimum Gasteiger partial charge on any atom is -0.496 e. The van der Waals surface area contributed by atoms with E-state index >= 15 is 0 Å². The van der Waals surface area contributed by atoms with Crippen molar-refractivity contribution in [1.29, 1.82) is 0 Å². The molecule has 0 saturated carbocycles. The molecule has 8 nitrogen and oxygen atoms in total. The Hall–Kier alpha value is -5.08. The maximum Gasteiger partial charge on any atom is 0.282 e. The van der Waals surface area contributed by atoms with E-state index in [2.05, 4.69) is 5.10 Å². The molecule has 2 heterocycles. The third-order valence-corrected chi connectivity index (χ3v) is 7.10. The third kappa shape index (κ3) is 5.32. The van der Waals surface area contributed by atoms with Crippen LogP contribution in [0.15, 0.2) is 105 Å². The summed E-state index contributed by atoms with van der Waals surface area (Å²) in [6.07, 6.45) is 1.60. The Kier molecular flexibility index (Phi) is 7.37. The van der Waals surface area contributed by atoms with Gasteiger partial charge in [-0.1, -0.05) is 41.9 Å². The second kappa shape index (κ2) is 11.4. The van der Waals surface area contributed by atoms with Crippen LogP contribution in [0.25, 0.3) is 33.5 Å². The van der Waals surface area contributed by atoms with Gasteiger partial charge in [0.15, 0.2) is 5.76 Å². The largest absolute Gasteiger partial charge is 0.496 e. The smallest absolute Gasteiger partial charge is 0.282 e. The zero-order valence-corrected chi connectivity index (χ0v) is 24.0. The van der Waals surface area contributed by atoms with Crippen molar-refractivity contribution in [2.24, 2.45) is 5.10 Å². The highest BCUT2D eigenvalue weighted by atomic mass is 35.5. The van der Waals surface area contributed by atoms with Gasteiger partial charge in [-0.25, -0.2) is 4.98 Å². The number of hydrogen-bond donors (Lipinski definition) is 0. The number of nitrogens with zero attached hydrogens (tertiary/aromatic N) is 4. The summed E-state index contributed by atoms with van der Waals surface area (Å²) in [6.45, 7) is 0.332. The van der Waals surface area contributed by atoms with Gasteiger partial charge >= 0.3 is 0 Å². The van der Waals surface area contributed by atoms with Gasteiger partial charge in [-0.05, 0) is 60.2 Å². The molecule has 4 aromatic carbocycles. The molecule has 0 aliphatic rings. The van der Waals surface area contributed by atoms with E-state index in [-0.39, 0.29) is 11.4 Å². The van der Waals surface area contributed by atoms with E-state index in [1.54, 1.807) is 31.5 Å². The van der Waals surface area contributed by atoms with Crippen molar-refractivity contribution < 1.29 is 13.9 Å². The van der Waals surface area contributed by atoms with Crippen molar-refractivity contribution in [3.63, 3.8) is 0 Å². The molecule has 0 aliphatic carbocycles. The maximum atomic E-state index is 13.7. The maximum absolute atomic E-state index is 13.7. The van der Waals surface area contributed by atoms with E-state index in [9.17, 15) is 4.79 Å². The standard InChI is InChI=1S/C33H27ClN4O4/c1-37(2)24-16-13-22(30(17-24)41-20-21-11-14-23(34)15-12-21)19-35-38-32(36-27-8-5-4-7-25(27)33(38)39)31-18-26-28(40-3)9-6-10-29(26)42-31/h4-19H,20H2,1-3H3. The van der Waals surface area contributed by atoms with E-state index < -0.39 is 0 Å². The number of aromatic nitrogens is 2. The van der Waals surface area contributed by atoms with Crippen molar-refractivity contribution in [3.8, 4) is 23.1 Å². The Bertz CT molecular complexity index is 1990. The Morgan fingerprint density at radius 1 is 0.952 bits per heavy atom. The lowest BCUT2D eigenvalue weighted by Gasteiger charge is -2.16. The van der Waals surface area contributed by atoms with Gasteiger partial charge in [-0.15, -0.1) is 0 Å². The van der Waals surface area contributed by atoms with Gasteiger partial charge in [0.05, 0.1) is 29.6 Å². The first-order chi connectivity index (χ1) is 20.4. The van der Waals surface area contributed by atoms with Crippen LogP contribution in [0.3, 0.4) is 0 Å². The van der Waals surface area contributed by atoms with Crippen LogP contribution < -0.4 is 19.9 Å². The van der Waals surface area contributed by atoms with Crippen LogP contribution in [-0.4, -0.2) is 37.1 Å². The minimum atomic E-state index is -0.326. The first-order valence-electron chi connectivity index (χ1n) is 13.2. The quantitative estimate of drug-likeness (QED) is 0.181. The van der Waals surface area contributed by atoms with Crippen LogP contribution >= 0.6 is 11.6 Å². The summed E-state index contributed by atoms with van der Waals surface area (Å²) in [6, 6.07) is 27.8. The predicted octanol–water partition coefficient (Wildman–Crippen LogP) is 7.00. The van der Waals surface area contributed by atoms with Crippen LogP contribution in [0, 0.1) is 0 Å². The molecule has 210 valence electrons.